The Labute approximate surface area is 169 Å². The van der Waals surface area contributed by atoms with Crippen LogP contribution in [0.15, 0.2) is 42.5 Å². The van der Waals surface area contributed by atoms with Crippen molar-refractivity contribution in [2.75, 3.05) is 6.54 Å². The molecular weight excluding hydrogens is 380 g/mol. The van der Waals surface area contributed by atoms with Crippen molar-refractivity contribution >= 4 is 29.7 Å². The smallest absolute Gasteiger partial charge is 0.261 e. The number of halogens is 1. The summed E-state index contributed by atoms with van der Waals surface area (Å²) in [4.78, 5) is 14.5. The summed E-state index contributed by atoms with van der Waals surface area (Å²) >= 11 is 1.54. The number of thiophene rings is 1. The molecule has 0 spiro atoms. The summed E-state index contributed by atoms with van der Waals surface area (Å²) in [6, 6.07) is 14.2. The fourth-order valence-electron chi connectivity index (χ4n) is 3.24. The predicted molar refractivity (Wildman–Crippen MR) is 111 cm³/mol. The molecule has 0 bridgehead atoms. The molecule has 4 rings (SSSR count). The van der Waals surface area contributed by atoms with Gasteiger partial charge in [-0.2, -0.15) is 5.10 Å². The molecule has 0 radical (unpaired) electrons. The number of nitrogens with zero attached hydrogens (tertiary/aromatic N) is 2. The Morgan fingerprint density at radius 2 is 2.11 bits per heavy atom. The summed E-state index contributed by atoms with van der Waals surface area (Å²) in [6.07, 6.45) is 1.08. The highest BCUT2D eigenvalue weighted by Crippen LogP contribution is 2.32. The van der Waals surface area contributed by atoms with Crippen LogP contribution in [0, 0.1) is 6.92 Å². The van der Waals surface area contributed by atoms with Gasteiger partial charge in [0, 0.05) is 18.0 Å². The van der Waals surface area contributed by atoms with Crippen LogP contribution in [-0.4, -0.2) is 22.2 Å². The first-order chi connectivity index (χ1) is 12.7. The molecule has 0 saturated carbocycles. The highest BCUT2D eigenvalue weighted by molar-refractivity contribution is 7.17. The molecule has 3 heterocycles. The summed E-state index contributed by atoms with van der Waals surface area (Å²) in [5.41, 5.74) is 4.38. The molecule has 7 heteroatoms. The number of amides is 1. The number of aryl methyl sites for hydroxylation is 2. The lowest BCUT2D eigenvalue weighted by molar-refractivity contribution is 0.0954. The van der Waals surface area contributed by atoms with Crippen molar-refractivity contribution in [2.45, 2.75) is 33.0 Å². The quantitative estimate of drug-likeness (QED) is 0.698. The number of carbonyl (C=O) groups excluding carboxylic acids is 1. The Hall–Kier alpha value is -2.15. The molecule has 0 unspecified atom stereocenters. The minimum atomic E-state index is -0.0402. The van der Waals surface area contributed by atoms with E-state index in [2.05, 4.69) is 40.9 Å². The second-order valence-electron chi connectivity index (χ2n) is 6.55. The SMILES string of the molecule is Cc1cc(C(=O)NCc2cc3n(n2)CCCNC3)sc1-c1ccccc1.Cl. The fourth-order valence-corrected chi connectivity index (χ4v) is 4.33. The van der Waals surface area contributed by atoms with Crippen molar-refractivity contribution in [2.24, 2.45) is 0 Å². The van der Waals surface area contributed by atoms with Gasteiger partial charge in [0.2, 0.25) is 0 Å². The third kappa shape index (κ3) is 4.40. The molecular formula is C20H23ClN4OS. The third-order valence-electron chi connectivity index (χ3n) is 4.55. The number of rotatable bonds is 4. The number of benzene rings is 1. The highest BCUT2D eigenvalue weighted by atomic mass is 35.5. The van der Waals surface area contributed by atoms with Crippen LogP contribution in [0.1, 0.15) is 33.0 Å². The standard InChI is InChI=1S/C20H22N4OS.ClH/c1-14-10-18(26-19(14)15-6-3-2-4-7-15)20(25)22-12-16-11-17-13-21-8-5-9-24(17)23-16;/h2-4,6-7,10-11,21H,5,8-9,12-13H2,1H3,(H,22,25);1H. The summed E-state index contributed by atoms with van der Waals surface area (Å²) < 4.78 is 2.05. The second-order valence-corrected chi connectivity index (χ2v) is 7.60. The van der Waals surface area contributed by atoms with E-state index in [9.17, 15) is 4.79 Å². The molecule has 0 saturated heterocycles. The van der Waals surface area contributed by atoms with Crippen molar-refractivity contribution in [3.05, 3.63) is 64.3 Å². The van der Waals surface area contributed by atoms with E-state index in [-0.39, 0.29) is 18.3 Å². The lowest BCUT2D eigenvalue weighted by Crippen LogP contribution is -2.22. The Morgan fingerprint density at radius 3 is 2.93 bits per heavy atom. The lowest BCUT2D eigenvalue weighted by atomic mass is 10.1. The van der Waals surface area contributed by atoms with Crippen LogP contribution in [0.2, 0.25) is 0 Å². The monoisotopic (exact) mass is 402 g/mol. The first-order valence-electron chi connectivity index (χ1n) is 8.91. The van der Waals surface area contributed by atoms with E-state index in [1.54, 1.807) is 0 Å². The maximum atomic E-state index is 12.6. The zero-order chi connectivity index (χ0) is 17.9. The zero-order valence-corrected chi connectivity index (χ0v) is 16.8. The molecule has 0 atom stereocenters. The Kier molecular flexibility index (Phi) is 6.31. The van der Waals surface area contributed by atoms with Gasteiger partial charge in [-0.25, -0.2) is 0 Å². The average Bonchev–Trinajstić information content (AvgIpc) is 3.17. The van der Waals surface area contributed by atoms with E-state index in [1.165, 1.54) is 17.0 Å². The largest absolute Gasteiger partial charge is 0.346 e. The van der Waals surface area contributed by atoms with E-state index in [4.69, 9.17) is 0 Å². The topological polar surface area (TPSA) is 59.0 Å². The number of fused-ring (bicyclic) bond motifs is 1. The minimum Gasteiger partial charge on any atom is -0.346 e. The maximum absolute atomic E-state index is 12.6. The van der Waals surface area contributed by atoms with Crippen LogP contribution < -0.4 is 10.6 Å². The maximum Gasteiger partial charge on any atom is 0.261 e. The molecule has 0 aliphatic carbocycles. The van der Waals surface area contributed by atoms with Gasteiger partial charge < -0.3 is 10.6 Å². The number of hydrogen-bond donors (Lipinski definition) is 2. The first kappa shape index (κ1) is 19.6. The van der Waals surface area contributed by atoms with Crippen LogP contribution in [0.5, 0.6) is 0 Å². The van der Waals surface area contributed by atoms with E-state index in [0.29, 0.717) is 6.54 Å². The van der Waals surface area contributed by atoms with Crippen molar-refractivity contribution in [1.82, 2.24) is 20.4 Å². The molecule has 2 aromatic heterocycles. The van der Waals surface area contributed by atoms with Gasteiger partial charge in [0.15, 0.2) is 0 Å². The summed E-state index contributed by atoms with van der Waals surface area (Å²) in [6.45, 7) is 5.30. The van der Waals surface area contributed by atoms with Crippen LogP contribution in [0.25, 0.3) is 10.4 Å². The van der Waals surface area contributed by atoms with Gasteiger partial charge in [0.25, 0.3) is 5.91 Å². The molecule has 27 heavy (non-hydrogen) atoms. The molecule has 1 aliphatic rings. The number of nitrogens with one attached hydrogen (secondary N) is 2. The predicted octanol–water partition coefficient (Wildman–Crippen LogP) is 3.77. The summed E-state index contributed by atoms with van der Waals surface area (Å²) in [7, 11) is 0. The van der Waals surface area contributed by atoms with Crippen molar-refractivity contribution in [3.8, 4) is 10.4 Å². The number of aromatic nitrogens is 2. The van der Waals surface area contributed by atoms with Crippen LogP contribution >= 0.6 is 23.7 Å². The van der Waals surface area contributed by atoms with Crippen LogP contribution in [0.4, 0.5) is 0 Å². The summed E-state index contributed by atoms with van der Waals surface area (Å²) in [5, 5.41) is 11.0. The van der Waals surface area contributed by atoms with Gasteiger partial charge in [0.05, 0.1) is 22.8 Å². The molecule has 5 nitrogen and oxygen atoms in total. The fraction of sp³-hybridized carbons (Fsp3) is 0.300. The van der Waals surface area contributed by atoms with Gasteiger partial charge in [-0.15, -0.1) is 23.7 Å². The number of carbonyl (C=O) groups is 1. The molecule has 142 valence electrons. The van der Waals surface area contributed by atoms with Crippen molar-refractivity contribution in [3.63, 3.8) is 0 Å². The van der Waals surface area contributed by atoms with E-state index >= 15 is 0 Å². The molecule has 1 amide bonds. The second kappa shape index (κ2) is 8.69. The third-order valence-corrected chi connectivity index (χ3v) is 5.84. The average molecular weight is 403 g/mol. The molecule has 1 aliphatic heterocycles. The molecule has 1 aromatic carbocycles. The number of hydrogen-bond acceptors (Lipinski definition) is 4. The van der Waals surface area contributed by atoms with Gasteiger partial charge in [-0.1, -0.05) is 30.3 Å². The Bertz CT molecular complexity index is 896. The Morgan fingerprint density at radius 1 is 1.30 bits per heavy atom. The van der Waals surface area contributed by atoms with Crippen LogP contribution in [0.3, 0.4) is 0 Å². The molecule has 2 N–H and O–H groups in total. The minimum absolute atomic E-state index is 0. The van der Waals surface area contributed by atoms with Gasteiger partial charge in [-0.05, 0) is 43.1 Å². The van der Waals surface area contributed by atoms with Crippen molar-refractivity contribution in [1.29, 1.82) is 0 Å². The normalized spacial score (nSPS) is 13.4. The van der Waals surface area contributed by atoms with Gasteiger partial charge in [0.1, 0.15) is 0 Å². The zero-order valence-electron chi connectivity index (χ0n) is 15.2. The first-order valence-corrected chi connectivity index (χ1v) is 9.73. The summed E-state index contributed by atoms with van der Waals surface area (Å²) in [5.74, 6) is -0.0402. The Balaban J connectivity index is 0.00000210. The van der Waals surface area contributed by atoms with Gasteiger partial charge in [-0.3, -0.25) is 9.48 Å². The van der Waals surface area contributed by atoms with Crippen molar-refractivity contribution < 1.29 is 4.79 Å². The van der Waals surface area contributed by atoms with E-state index in [1.807, 2.05) is 28.9 Å². The highest BCUT2D eigenvalue weighted by Gasteiger charge is 2.15. The van der Waals surface area contributed by atoms with E-state index in [0.717, 1.165) is 52.6 Å². The lowest BCUT2D eigenvalue weighted by Gasteiger charge is -2.01. The molecule has 3 aromatic rings. The van der Waals surface area contributed by atoms with Crippen LogP contribution in [-0.2, 0) is 19.6 Å². The molecule has 0 fully saturated rings. The van der Waals surface area contributed by atoms with E-state index < -0.39 is 0 Å². The van der Waals surface area contributed by atoms with Gasteiger partial charge >= 0.3 is 0 Å².